The van der Waals surface area contributed by atoms with E-state index in [4.69, 9.17) is 4.98 Å². The monoisotopic (exact) mass is 568 g/mol. The Balaban J connectivity index is 1.07. The van der Waals surface area contributed by atoms with Gasteiger partial charge in [-0.3, -0.25) is 9.48 Å². The Bertz CT molecular complexity index is 1890. The van der Waals surface area contributed by atoms with Crippen LogP contribution in [0.15, 0.2) is 80.0 Å². The summed E-state index contributed by atoms with van der Waals surface area (Å²) in [4.78, 5) is 22.5. The fourth-order valence-corrected chi connectivity index (χ4v) is 6.59. The summed E-state index contributed by atoms with van der Waals surface area (Å²) in [6, 6.07) is 16.2. The van der Waals surface area contributed by atoms with Gasteiger partial charge < -0.3 is 9.80 Å². The van der Waals surface area contributed by atoms with Crippen LogP contribution in [0.25, 0.3) is 33.8 Å². The van der Waals surface area contributed by atoms with Gasteiger partial charge in [0.1, 0.15) is 11.9 Å². The maximum Gasteiger partial charge on any atom is 0.253 e. The van der Waals surface area contributed by atoms with Crippen molar-refractivity contribution in [2.24, 2.45) is 12.5 Å². The number of hydrogen-bond acceptors (Lipinski definition) is 6. The molecule has 9 nitrogen and oxygen atoms in total. The molecule has 0 saturated carbocycles. The molecular formula is C34H32N8O. The van der Waals surface area contributed by atoms with E-state index in [1.807, 2.05) is 61.0 Å². The average Bonchev–Trinajstić information content (AvgIpc) is 3.79. The number of anilines is 1. The predicted octanol–water partition coefficient (Wildman–Crippen LogP) is 5.44. The van der Waals surface area contributed by atoms with Gasteiger partial charge in [0.15, 0.2) is 0 Å². The normalized spacial score (nSPS) is 16.1. The SMILES string of the molecule is C=Cc1cccc(C(=O)N2CCC3(CCN(c4ccc(-c5cc(-c6cnn(C)c6)cn6ncc(C#N)c56)cn4)CC3)C2)c1. The zero-order chi connectivity index (χ0) is 29.6. The summed E-state index contributed by atoms with van der Waals surface area (Å²) >= 11 is 0. The van der Waals surface area contributed by atoms with Crippen LogP contribution in [0.2, 0.25) is 0 Å². The van der Waals surface area contributed by atoms with Crippen LogP contribution in [0.5, 0.6) is 0 Å². The van der Waals surface area contributed by atoms with Crippen molar-refractivity contribution in [2.45, 2.75) is 19.3 Å². The van der Waals surface area contributed by atoms with E-state index in [0.717, 1.165) is 90.2 Å². The van der Waals surface area contributed by atoms with Crippen molar-refractivity contribution in [3.63, 3.8) is 0 Å². The summed E-state index contributed by atoms with van der Waals surface area (Å²) in [5, 5.41) is 18.5. The molecule has 5 aromatic rings. The van der Waals surface area contributed by atoms with E-state index in [9.17, 15) is 10.1 Å². The van der Waals surface area contributed by atoms with Gasteiger partial charge in [-0.1, -0.05) is 24.8 Å². The van der Waals surface area contributed by atoms with Gasteiger partial charge >= 0.3 is 0 Å². The van der Waals surface area contributed by atoms with Gasteiger partial charge in [0.25, 0.3) is 5.91 Å². The molecular weight excluding hydrogens is 536 g/mol. The van der Waals surface area contributed by atoms with Gasteiger partial charge in [0.2, 0.25) is 0 Å². The molecule has 0 radical (unpaired) electrons. The number of pyridine rings is 2. The second-order valence-electron chi connectivity index (χ2n) is 11.7. The second-order valence-corrected chi connectivity index (χ2v) is 11.7. The first kappa shape index (κ1) is 26.7. The number of rotatable bonds is 5. The minimum absolute atomic E-state index is 0.111. The highest BCUT2D eigenvalue weighted by Crippen LogP contribution is 2.42. The zero-order valence-corrected chi connectivity index (χ0v) is 24.1. The maximum atomic E-state index is 13.2. The van der Waals surface area contributed by atoms with Gasteiger partial charge in [0.05, 0.1) is 23.5 Å². The predicted molar refractivity (Wildman–Crippen MR) is 166 cm³/mol. The van der Waals surface area contributed by atoms with E-state index >= 15 is 0 Å². The number of hydrogen-bond donors (Lipinski definition) is 0. The molecule has 1 amide bonds. The first-order valence-electron chi connectivity index (χ1n) is 14.6. The molecule has 0 aliphatic carbocycles. The van der Waals surface area contributed by atoms with Crippen molar-refractivity contribution in [1.29, 1.82) is 5.26 Å². The lowest BCUT2D eigenvalue weighted by atomic mass is 9.78. The number of nitrogens with zero attached hydrogens (tertiary/aromatic N) is 8. The standard InChI is InChI=1S/C34H32N8O/c1-3-24-5-4-6-25(15-24)33(43)41-14-11-34(23-41)9-12-40(13-10-34)31-8-7-26(18-36-31)30-16-27(29-20-37-39(2)21-29)22-42-32(30)28(17-35)19-38-42/h3-8,15-16,18-22H,1,9-14,23H2,2H3. The van der Waals surface area contributed by atoms with Crippen LogP contribution in [0.1, 0.15) is 40.7 Å². The largest absolute Gasteiger partial charge is 0.357 e. The number of amides is 1. The van der Waals surface area contributed by atoms with Crippen LogP contribution in [0.3, 0.4) is 0 Å². The third-order valence-corrected chi connectivity index (χ3v) is 9.07. The van der Waals surface area contributed by atoms with Crippen LogP contribution in [-0.4, -0.2) is 61.4 Å². The number of benzene rings is 1. The van der Waals surface area contributed by atoms with Crippen LogP contribution in [-0.2, 0) is 7.05 Å². The van der Waals surface area contributed by atoms with Gasteiger partial charge in [0, 0.05) is 79.6 Å². The van der Waals surface area contributed by atoms with Gasteiger partial charge in [-0.05, 0) is 60.6 Å². The molecule has 1 aromatic carbocycles. The molecule has 4 aromatic heterocycles. The third-order valence-electron chi connectivity index (χ3n) is 9.07. The summed E-state index contributed by atoms with van der Waals surface area (Å²) in [6.45, 7) is 7.25. The van der Waals surface area contributed by atoms with Gasteiger partial charge in [-0.2, -0.15) is 15.5 Å². The lowest BCUT2D eigenvalue weighted by molar-refractivity contribution is 0.0764. The number of nitriles is 1. The Hall–Kier alpha value is -5.23. The summed E-state index contributed by atoms with van der Waals surface area (Å²) in [5.41, 5.74) is 6.92. The van der Waals surface area contributed by atoms with Crippen molar-refractivity contribution in [2.75, 3.05) is 31.1 Å². The molecule has 0 atom stereocenters. The third kappa shape index (κ3) is 4.85. The number of carbonyl (C=O) groups is 1. The zero-order valence-electron chi connectivity index (χ0n) is 24.1. The molecule has 2 fully saturated rings. The fraction of sp³-hybridized carbons (Fsp3) is 0.265. The fourth-order valence-electron chi connectivity index (χ4n) is 6.59. The molecule has 214 valence electrons. The minimum atomic E-state index is 0.111. The lowest BCUT2D eigenvalue weighted by Crippen LogP contribution is -2.42. The van der Waals surface area contributed by atoms with Gasteiger partial charge in [-0.25, -0.2) is 9.50 Å². The summed E-state index contributed by atoms with van der Waals surface area (Å²) in [7, 11) is 1.89. The Kier molecular flexibility index (Phi) is 6.54. The van der Waals surface area contributed by atoms with Crippen molar-refractivity contribution >= 4 is 23.3 Å². The minimum Gasteiger partial charge on any atom is -0.357 e. The van der Waals surface area contributed by atoms with Crippen molar-refractivity contribution in [3.8, 4) is 28.3 Å². The highest BCUT2D eigenvalue weighted by Gasteiger charge is 2.42. The Morgan fingerprint density at radius 2 is 1.81 bits per heavy atom. The van der Waals surface area contributed by atoms with Crippen molar-refractivity contribution in [1.82, 2.24) is 29.3 Å². The number of aryl methyl sites for hydroxylation is 1. The molecule has 0 N–H and O–H groups in total. The van der Waals surface area contributed by atoms with E-state index < -0.39 is 0 Å². The number of fused-ring (bicyclic) bond motifs is 1. The molecule has 7 rings (SSSR count). The molecule has 9 heteroatoms. The molecule has 0 bridgehead atoms. The summed E-state index contributed by atoms with van der Waals surface area (Å²) in [6.07, 6.45) is 14.1. The Labute approximate surface area is 250 Å². The second kappa shape index (κ2) is 10.6. The average molecular weight is 569 g/mol. The quantitative estimate of drug-likeness (QED) is 0.280. The molecule has 2 saturated heterocycles. The van der Waals surface area contributed by atoms with E-state index in [2.05, 4.69) is 45.9 Å². The molecule has 43 heavy (non-hydrogen) atoms. The highest BCUT2D eigenvalue weighted by atomic mass is 16.2. The van der Waals surface area contributed by atoms with Crippen LogP contribution >= 0.6 is 0 Å². The molecule has 2 aliphatic heterocycles. The molecule has 2 aliphatic rings. The number of likely N-dealkylation sites (tertiary alicyclic amines) is 1. The van der Waals surface area contributed by atoms with Crippen LogP contribution < -0.4 is 4.90 Å². The summed E-state index contributed by atoms with van der Waals surface area (Å²) in [5.74, 6) is 1.05. The first-order chi connectivity index (χ1) is 20.9. The van der Waals surface area contributed by atoms with E-state index in [1.54, 1.807) is 21.5 Å². The Morgan fingerprint density at radius 1 is 0.977 bits per heavy atom. The van der Waals surface area contributed by atoms with E-state index in [-0.39, 0.29) is 11.3 Å². The highest BCUT2D eigenvalue weighted by molar-refractivity contribution is 5.95. The number of piperidine rings is 1. The Morgan fingerprint density at radius 3 is 2.53 bits per heavy atom. The number of aromatic nitrogens is 5. The molecule has 6 heterocycles. The van der Waals surface area contributed by atoms with Crippen LogP contribution in [0.4, 0.5) is 5.82 Å². The summed E-state index contributed by atoms with van der Waals surface area (Å²) < 4.78 is 3.53. The van der Waals surface area contributed by atoms with Crippen LogP contribution in [0, 0.1) is 16.7 Å². The van der Waals surface area contributed by atoms with Crippen molar-refractivity contribution < 1.29 is 4.79 Å². The topological polar surface area (TPSA) is 95.4 Å². The van der Waals surface area contributed by atoms with Gasteiger partial charge in [-0.15, -0.1) is 0 Å². The smallest absolute Gasteiger partial charge is 0.253 e. The van der Waals surface area contributed by atoms with E-state index in [0.29, 0.717) is 5.56 Å². The first-order valence-corrected chi connectivity index (χ1v) is 14.6. The van der Waals surface area contributed by atoms with E-state index in [1.165, 1.54) is 0 Å². The molecule has 1 spiro atoms. The number of carbonyl (C=O) groups excluding carboxylic acids is 1. The molecule has 0 unspecified atom stereocenters. The van der Waals surface area contributed by atoms with Crippen molar-refractivity contribution in [3.05, 3.63) is 96.7 Å². The maximum absolute atomic E-state index is 13.2. The lowest BCUT2D eigenvalue weighted by Gasteiger charge is -2.39.